The molecule has 0 amide bonds. The van der Waals surface area contributed by atoms with Gasteiger partial charge in [0.25, 0.3) is 0 Å². The molecule has 1 unspecified atom stereocenters. The maximum absolute atomic E-state index is 15.5. The molecular formula is C26H28FN3O2. The van der Waals surface area contributed by atoms with Crippen molar-refractivity contribution >= 4 is 0 Å². The summed E-state index contributed by atoms with van der Waals surface area (Å²) in [4.78, 5) is 8.13. The Labute approximate surface area is 188 Å². The first-order valence-corrected chi connectivity index (χ1v) is 10.3. The van der Waals surface area contributed by atoms with Crippen LogP contribution in [0.4, 0.5) is 4.39 Å². The summed E-state index contributed by atoms with van der Waals surface area (Å²) in [5.74, 6) is -0.358. The minimum atomic E-state index is -1.73. The van der Waals surface area contributed by atoms with Crippen LogP contribution in [0.5, 0.6) is 5.88 Å². The lowest BCUT2D eigenvalue weighted by molar-refractivity contribution is -0.0311. The van der Waals surface area contributed by atoms with Gasteiger partial charge in [-0.05, 0) is 42.0 Å². The average Bonchev–Trinajstić information content (AvgIpc) is 2.77. The molecule has 3 rings (SSSR count). The predicted molar refractivity (Wildman–Crippen MR) is 122 cm³/mol. The van der Waals surface area contributed by atoms with Gasteiger partial charge in [-0.15, -0.1) is 0 Å². The molecule has 1 N–H and O–H groups in total. The standard InChI is InChI=1S/C26H28FN3O2/c1-24(2,3)26(31,21-14-29-16-30-23(21)32-6)20-12-9-18(13-22(20)27)17-7-10-19(11-8-17)25(4,5)15-28/h7-14,16,31H,1-6H3. The topological polar surface area (TPSA) is 79.0 Å². The van der Waals surface area contributed by atoms with Crippen molar-refractivity contribution in [2.45, 2.75) is 45.6 Å². The third-order valence-electron chi connectivity index (χ3n) is 5.92. The summed E-state index contributed by atoms with van der Waals surface area (Å²) in [6.07, 6.45) is 2.78. The highest BCUT2D eigenvalue weighted by molar-refractivity contribution is 5.65. The first-order chi connectivity index (χ1) is 15.0. The van der Waals surface area contributed by atoms with Gasteiger partial charge in [-0.1, -0.05) is 57.2 Å². The summed E-state index contributed by atoms with van der Waals surface area (Å²) >= 11 is 0. The Balaban J connectivity index is 2.10. The molecule has 0 radical (unpaired) electrons. The summed E-state index contributed by atoms with van der Waals surface area (Å²) in [6.45, 7) is 9.17. The number of aromatic nitrogens is 2. The Morgan fingerprint density at radius 1 is 0.969 bits per heavy atom. The first-order valence-electron chi connectivity index (χ1n) is 10.3. The van der Waals surface area contributed by atoms with E-state index in [4.69, 9.17) is 4.74 Å². The van der Waals surface area contributed by atoms with E-state index in [0.29, 0.717) is 11.1 Å². The number of nitriles is 1. The molecule has 1 aromatic heterocycles. The van der Waals surface area contributed by atoms with Crippen molar-refractivity contribution in [2.75, 3.05) is 7.11 Å². The van der Waals surface area contributed by atoms with Crippen molar-refractivity contribution in [2.24, 2.45) is 5.41 Å². The van der Waals surface area contributed by atoms with E-state index in [1.165, 1.54) is 25.7 Å². The van der Waals surface area contributed by atoms with Gasteiger partial charge in [-0.25, -0.2) is 14.4 Å². The highest BCUT2D eigenvalue weighted by atomic mass is 19.1. The van der Waals surface area contributed by atoms with Crippen LogP contribution in [0.2, 0.25) is 0 Å². The minimum Gasteiger partial charge on any atom is -0.481 e. The number of methoxy groups -OCH3 is 1. The van der Waals surface area contributed by atoms with Crippen LogP contribution in [0.3, 0.4) is 0 Å². The van der Waals surface area contributed by atoms with Crippen molar-refractivity contribution in [3.63, 3.8) is 0 Å². The van der Waals surface area contributed by atoms with E-state index in [-0.39, 0.29) is 11.4 Å². The second-order valence-corrected chi connectivity index (χ2v) is 9.41. The van der Waals surface area contributed by atoms with Crippen LogP contribution >= 0.6 is 0 Å². The molecule has 166 valence electrons. The smallest absolute Gasteiger partial charge is 0.222 e. The molecule has 1 atom stereocenters. The monoisotopic (exact) mass is 433 g/mol. The molecule has 5 nitrogen and oxygen atoms in total. The van der Waals surface area contributed by atoms with E-state index >= 15 is 4.39 Å². The molecule has 0 spiro atoms. The lowest BCUT2D eigenvalue weighted by atomic mass is 9.68. The Morgan fingerprint density at radius 2 is 1.59 bits per heavy atom. The zero-order valence-corrected chi connectivity index (χ0v) is 19.3. The van der Waals surface area contributed by atoms with Gasteiger partial charge in [0.2, 0.25) is 5.88 Å². The van der Waals surface area contributed by atoms with Gasteiger partial charge >= 0.3 is 0 Å². The van der Waals surface area contributed by atoms with Crippen molar-refractivity contribution in [1.82, 2.24) is 9.97 Å². The van der Waals surface area contributed by atoms with E-state index < -0.39 is 22.2 Å². The Kier molecular flexibility index (Phi) is 6.08. The first kappa shape index (κ1) is 23.4. The number of ether oxygens (including phenoxy) is 1. The quantitative estimate of drug-likeness (QED) is 0.585. The van der Waals surface area contributed by atoms with Crippen LogP contribution in [0, 0.1) is 22.6 Å². The number of halogens is 1. The van der Waals surface area contributed by atoms with Crippen LogP contribution < -0.4 is 4.74 Å². The van der Waals surface area contributed by atoms with Crippen LogP contribution in [-0.4, -0.2) is 22.2 Å². The van der Waals surface area contributed by atoms with Gasteiger partial charge < -0.3 is 9.84 Å². The van der Waals surface area contributed by atoms with Crippen molar-refractivity contribution in [3.05, 3.63) is 77.5 Å². The Morgan fingerprint density at radius 3 is 2.12 bits per heavy atom. The Hall–Kier alpha value is -3.30. The van der Waals surface area contributed by atoms with Gasteiger partial charge in [0.15, 0.2) is 0 Å². The fourth-order valence-corrected chi connectivity index (χ4v) is 3.81. The summed E-state index contributed by atoms with van der Waals surface area (Å²) < 4.78 is 20.9. The largest absolute Gasteiger partial charge is 0.481 e. The number of nitrogens with zero attached hydrogens (tertiary/aromatic N) is 3. The lowest BCUT2D eigenvalue weighted by Crippen LogP contribution is -2.42. The lowest BCUT2D eigenvalue weighted by Gasteiger charge is -2.41. The van der Waals surface area contributed by atoms with Gasteiger partial charge in [0.1, 0.15) is 17.7 Å². The van der Waals surface area contributed by atoms with Crippen molar-refractivity contribution < 1.29 is 14.2 Å². The number of hydrogen-bond donors (Lipinski definition) is 1. The zero-order valence-electron chi connectivity index (χ0n) is 19.3. The van der Waals surface area contributed by atoms with Crippen molar-refractivity contribution in [1.29, 1.82) is 5.26 Å². The van der Waals surface area contributed by atoms with Crippen LogP contribution in [0.1, 0.15) is 51.3 Å². The summed E-state index contributed by atoms with van der Waals surface area (Å²) in [6, 6.07) is 14.5. The second-order valence-electron chi connectivity index (χ2n) is 9.41. The second kappa shape index (κ2) is 8.33. The summed E-state index contributed by atoms with van der Waals surface area (Å²) in [5.41, 5.74) is -0.352. The predicted octanol–water partition coefficient (Wildman–Crippen LogP) is 5.37. The molecule has 0 bridgehead atoms. The molecule has 6 heteroatoms. The highest BCUT2D eigenvalue weighted by Crippen LogP contribution is 2.48. The molecule has 32 heavy (non-hydrogen) atoms. The van der Waals surface area contributed by atoms with E-state index in [2.05, 4.69) is 16.0 Å². The van der Waals surface area contributed by atoms with E-state index in [9.17, 15) is 10.4 Å². The third-order valence-corrected chi connectivity index (χ3v) is 5.92. The van der Waals surface area contributed by atoms with Crippen LogP contribution in [0.15, 0.2) is 55.0 Å². The number of hydrogen-bond acceptors (Lipinski definition) is 5. The third kappa shape index (κ3) is 3.96. The highest BCUT2D eigenvalue weighted by Gasteiger charge is 2.47. The molecule has 0 aliphatic heterocycles. The van der Waals surface area contributed by atoms with E-state index in [1.807, 2.05) is 58.9 Å². The molecule has 0 saturated carbocycles. The SMILES string of the molecule is COc1ncncc1C(O)(c1ccc(-c2ccc(C(C)(C)C#N)cc2)cc1F)C(C)(C)C. The number of benzene rings is 2. The molecular weight excluding hydrogens is 405 g/mol. The zero-order chi connectivity index (χ0) is 23.7. The molecule has 2 aromatic carbocycles. The number of rotatable bonds is 5. The molecule has 1 heterocycles. The van der Waals surface area contributed by atoms with E-state index in [0.717, 1.165) is 11.1 Å². The molecule has 0 aliphatic rings. The minimum absolute atomic E-state index is 0.115. The summed E-state index contributed by atoms with van der Waals surface area (Å²) in [7, 11) is 1.45. The van der Waals surface area contributed by atoms with E-state index in [1.54, 1.807) is 12.1 Å². The fraction of sp³-hybridized carbons (Fsp3) is 0.346. The fourth-order valence-electron chi connectivity index (χ4n) is 3.81. The van der Waals surface area contributed by atoms with Crippen LogP contribution in [-0.2, 0) is 11.0 Å². The Bertz CT molecular complexity index is 1160. The van der Waals surface area contributed by atoms with Gasteiger partial charge in [0.05, 0.1) is 24.2 Å². The van der Waals surface area contributed by atoms with Gasteiger partial charge in [0, 0.05) is 11.8 Å². The van der Waals surface area contributed by atoms with Gasteiger partial charge in [-0.3, -0.25) is 0 Å². The normalized spacial score (nSPS) is 13.8. The van der Waals surface area contributed by atoms with Crippen molar-refractivity contribution in [3.8, 4) is 23.1 Å². The maximum Gasteiger partial charge on any atom is 0.222 e. The molecule has 0 saturated heterocycles. The molecule has 3 aromatic rings. The molecule has 0 fully saturated rings. The van der Waals surface area contributed by atoms with Crippen LogP contribution in [0.25, 0.3) is 11.1 Å². The number of aliphatic hydroxyl groups is 1. The molecule has 0 aliphatic carbocycles. The van der Waals surface area contributed by atoms with Gasteiger partial charge in [-0.2, -0.15) is 5.26 Å². The summed E-state index contributed by atoms with van der Waals surface area (Å²) in [5, 5.41) is 21.2. The average molecular weight is 434 g/mol. The maximum atomic E-state index is 15.5.